The highest BCUT2D eigenvalue weighted by Crippen LogP contribution is 2.43. The normalized spacial score (nSPS) is 13.5. The van der Waals surface area contributed by atoms with Gasteiger partial charge in [0.1, 0.15) is 0 Å². The molecule has 8 heteroatoms. The lowest BCUT2D eigenvalue weighted by molar-refractivity contribution is -0.148. The molecule has 260 valence electrons. The maximum Gasteiger partial charge on any atom is 0.471 e. The van der Waals surface area contributed by atoms with E-state index in [-0.39, 0.29) is 12.8 Å². The fourth-order valence-corrected chi connectivity index (χ4v) is 6.47. The average molecular weight is 644 g/mol. The molecule has 0 spiro atoms. The standard InChI is InChI=1S/C36H70NO6P/c1-3-5-7-9-11-13-15-17-18-20-22-24-26-28-30-32-35(39)36(33-37,43-44(40,41)42)34(38)31-29-27-25-23-21-19-16-14-12-10-8-6-4-2/h17-18H,3-16,19-33,37H2,1-2H3,(H2,40,41,42)/b18-17-. The smallest absolute Gasteiger partial charge is 0.327 e. The highest BCUT2D eigenvalue weighted by molar-refractivity contribution is 7.46. The van der Waals surface area contributed by atoms with Gasteiger partial charge >= 0.3 is 7.82 Å². The van der Waals surface area contributed by atoms with Crippen molar-refractivity contribution in [1.29, 1.82) is 0 Å². The molecular weight excluding hydrogens is 573 g/mol. The molecule has 0 aliphatic heterocycles. The molecule has 0 aliphatic rings. The third-order valence-electron chi connectivity index (χ3n) is 8.64. The Morgan fingerprint density at radius 2 is 0.864 bits per heavy atom. The Balaban J connectivity index is 4.26. The Kier molecular flexibility index (Phi) is 29.0. The number of carbonyl (C=O) groups is 2. The third-order valence-corrected chi connectivity index (χ3v) is 9.19. The van der Waals surface area contributed by atoms with E-state index in [0.717, 1.165) is 57.8 Å². The molecule has 0 aromatic heterocycles. The van der Waals surface area contributed by atoms with Gasteiger partial charge < -0.3 is 15.5 Å². The van der Waals surface area contributed by atoms with E-state index in [2.05, 4.69) is 26.0 Å². The molecule has 0 saturated carbocycles. The van der Waals surface area contributed by atoms with Gasteiger partial charge in [-0.25, -0.2) is 4.57 Å². The summed E-state index contributed by atoms with van der Waals surface area (Å²) in [5.41, 5.74) is 3.55. The summed E-state index contributed by atoms with van der Waals surface area (Å²) in [5, 5.41) is 0. The van der Waals surface area contributed by atoms with Crippen LogP contribution in [0.1, 0.15) is 194 Å². The monoisotopic (exact) mass is 643 g/mol. The van der Waals surface area contributed by atoms with Gasteiger partial charge in [0, 0.05) is 19.4 Å². The van der Waals surface area contributed by atoms with E-state index in [1.807, 2.05) is 0 Å². The topological polar surface area (TPSA) is 127 Å². The van der Waals surface area contributed by atoms with Crippen molar-refractivity contribution >= 4 is 19.4 Å². The van der Waals surface area contributed by atoms with Crippen molar-refractivity contribution in [1.82, 2.24) is 0 Å². The van der Waals surface area contributed by atoms with Crippen LogP contribution in [-0.4, -0.2) is 33.5 Å². The van der Waals surface area contributed by atoms with Gasteiger partial charge in [-0.3, -0.25) is 14.1 Å². The maximum absolute atomic E-state index is 13.1. The molecule has 0 amide bonds. The minimum atomic E-state index is -5.09. The Morgan fingerprint density at radius 1 is 0.568 bits per heavy atom. The first-order valence-electron chi connectivity index (χ1n) is 18.4. The number of hydrogen-bond acceptors (Lipinski definition) is 5. The van der Waals surface area contributed by atoms with Crippen molar-refractivity contribution in [3.8, 4) is 0 Å². The van der Waals surface area contributed by atoms with Gasteiger partial charge in [-0.15, -0.1) is 0 Å². The first-order chi connectivity index (χ1) is 21.2. The van der Waals surface area contributed by atoms with Gasteiger partial charge in [-0.1, -0.05) is 154 Å². The predicted molar refractivity (Wildman–Crippen MR) is 185 cm³/mol. The molecule has 1 unspecified atom stereocenters. The zero-order chi connectivity index (χ0) is 32.8. The summed E-state index contributed by atoms with van der Waals surface area (Å²) < 4.78 is 16.6. The van der Waals surface area contributed by atoms with Gasteiger partial charge in [0.15, 0.2) is 11.6 Å². The maximum atomic E-state index is 13.1. The average Bonchev–Trinajstić information content (AvgIpc) is 2.99. The van der Waals surface area contributed by atoms with E-state index in [0.29, 0.717) is 12.8 Å². The van der Waals surface area contributed by atoms with Crippen LogP contribution in [0.5, 0.6) is 0 Å². The lowest BCUT2D eigenvalue weighted by Gasteiger charge is -2.29. The van der Waals surface area contributed by atoms with Gasteiger partial charge in [0.2, 0.25) is 5.60 Å². The highest BCUT2D eigenvalue weighted by Gasteiger charge is 2.48. The van der Waals surface area contributed by atoms with Crippen LogP contribution in [0, 0.1) is 0 Å². The second-order valence-electron chi connectivity index (χ2n) is 12.8. The molecule has 0 aromatic carbocycles. The molecule has 0 rings (SSSR count). The second kappa shape index (κ2) is 29.5. The number of hydrogen-bond donors (Lipinski definition) is 3. The van der Waals surface area contributed by atoms with Gasteiger partial charge in [0.05, 0.1) is 0 Å². The van der Waals surface area contributed by atoms with Crippen LogP contribution in [-0.2, 0) is 18.7 Å². The van der Waals surface area contributed by atoms with E-state index < -0.39 is 31.5 Å². The Morgan fingerprint density at radius 3 is 1.16 bits per heavy atom. The van der Waals surface area contributed by atoms with Crippen molar-refractivity contribution < 1.29 is 28.5 Å². The fourth-order valence-electron chi connectivity index (χ4n) is 5.79. The SMILES string of the molecule is CCCCCCCC/C=C\CCCCCCCC(=O)C(CN)(OP(=O)(O)O)C(=O)CCCCCCCCCCCCCCC. The molecule has 0 aliphatic carbocycles. The molecule has 0 aromatic rings. The van der Waals surface area contributed by atoms with Crippen molar-refractivity contribution in [3.63, 3.8) is 0 Å². The summed E-state index contributed by atoms with van der Waals surface area (Å²) >= 11 is 0. The highest BCUT2D eigenvalue weighted by atomic mass is 31.2. The minimum Gasteiger partial charge on any atom is -0.327 e. The number of nitrogens with two attached hydrogens (primary N) is 1. The Labute approximate surface area is 271 Å². The number of phosphoric acid groups is 1. The lowest BCUT2D eigenvalue weighted by Crippen LogP contribution is -2.54. The molecular formula is C36H70NO6P. The predicted octanol–water partition coefficient (Wildman–Crippen LogP) is 10.5. The molecule has 0 bridgehead atoms. The van der Waals surface area contributed by atoms with Crippen LogP contribution in [0.25, 0.3) is 0 Å². The lowest BCUT2D eigenvalue weighted by atomic mass is 9.87. The molecule has 0 fully saturated rings. The summed E-state index contributed by atoms with van der Waals surface area (Å²) in [4.78, 5) is 45.2. The first kappa shape index (κ1) is 43.1. The Hall–Kier alpha value is -0.850. The first-order valence-corrected chi connectivity index (χ1v) is 19.9. The number of phosphoric ester groups is 1. The van der Waals surface area contributed by atoms with Crippen LogP contribution < -0.4 is 5.73 Å². The zero-order valence-corrected chi connectivity index (χ0v) is 29.6. The van der Waals surface area contributed by atoms with Gasteiger partial charge in [-0.05, 0) is 38.5 Å². The summed E-state index contributed by atoms with van der Waals surface area (Å²) in [7, 11) is -5.09. The third kappa shape index (κ3) is 24.4. The van der Waals surface area contributed by atoms with Crippen LogP contribution in [0.3, 0.4) is 0 Å². The van der Waals surface area contributed by atoms with E-state index in [9.17, 15) is 23.9 Å². The molecule has 7 nitrogen and oxygen atoms in total. The zero-order valence-electron chi connectivity index (χ0n) is 28.7. The van der Waals surface area contributed by atoms with Crippen molar-refractivity contribution in [2.24, 2.45) is 5.73 Å². The van der Waals surface area contributed by atoms with E-state index >= 15 is 0 Å². The fraction of sp³-hybridized carbons (Fsp3) is 0.889. The number of Topliss-reactive ketones (excluding diaryl/α,β-unsaturated/α-hetero) is 2. The van der Waals surface area contributed by atoms with E-state index in [4.69, 9.17) is 10.3 Å². The van der Waals surface area contributed by atoms with Crippen LogP contribution in [0.15, 0.2) is 12.2 Å². The number of unbranched alkanes of at least 4 members (excludes halogenated alkanes) is 23. The van der Waals surface area contributed by atoms with Crippen molar-refractivity contribution in [2.75, 3.05) is 6.54 Å². The number of carbonyl (C=O) groups excluding carboxylic acids is 2. The Bertz CT molecular complexity index is 768. The van der Waals surface area contributed by atoms with Crippen LogP contribution in [0.4, 0.5) is 0 Å². The number of rotatable bonds is 34. The molecule has 0 heterocycles. The molecule has 44 heavy (non-hydrogen) atoms. The van der Waals surface area contributed by atoms with E-state index in [1.54, 1.807) is 0 Å². The largest absolute Gasteiger partial charge is 0.471 e. The van der Waals surface area contributed by atoms with Crippen molar-refractivity contribution in [2.45, 2.75) is 199 Å². The van der Waals surface area contributed by atoms with Crippen molar-refractivity contribution in [3.05, 3.63) is 12.2 Å². The summed E-state index contributed by atoms with van der Waals surface area (Å²) in [6.07, 6.45) is 34.4. The summed E-state index contributed by atoms with van der Waals surface area (Å²) in [6.45, 7) is 3.92. The summed E-state index contributed by atoms with van der Waals surface area (Å²) in [5.74, 6) is -1.22. The van der Waals surface area contributed by atoms with Crippen LogP contribution >= 0.6 is 7.82 Å². The van der Waals surface area contributed by atoms with Gasteiger partial charge in [-0.2, -0.15) is 0 Å². The molecule has 4 N–H and O–H groups in total. The number of ketones is 2. The van der Waals surface area contributed by atoms with Gasteiger partial charge in [0.25, 0.3) is 0 Å². The molecule has 1 atom stereocenters. The second-order valence-corrected chi connectivity index (χ2v) is 14.0. The quantitative estimate of drug-likeness (QED) is 0.0275. The van der Waals surface area contributed by atoms with E-state index in [1.165, 1.54) is 96.3 Å². The molecule has 0 saturated heterocycles. The summed E-state index contributed by atoms with van der Waals surface area (Å²) in [6, 6.07) is 0. The van der Waals surface area contributed by atoms with Crippen LogP contribution in [0.2, 0.25) is 0 Å². The molecule has 0 radical (unpaired) electrons. The number of allylic oxidation sites excluding steroid dienone is 2. The minimum absolute atomic E-state index is 0.0275.